The van der Waals surface area contributed by atoms with Crippen LogP contribution < -0.4 is 0 Å². The van der Waals surface area contributed by atoms with Crippen LogP contribution in [0.1, 0.15) is 50.7 Å². The van der Waals surface area contributed by atoms with Gasteiger partial charge in [0.2, 0.25) is 0 Å². The summed E-state index contributed by atoms with van der Waals surface area (Å²) in [7, 11) is 0. The van der Waals surface area contributed by atoms with E-state index in [1.54, 1.807) is 20.8 Å². The maximum atomic E-state index is 13.9. The van der Waals surface area contributed by atoms with Crippen molar-refractivity contribution in [1.29, 1.82) is 0 Å². The number of ether oxygens (including phenoxy) is 3. The number of hydrogen-bond donors (Lipinski definition) is 1. The molecular weight excluding hydrogens is 538 g/mol. The molecular formula is C32H41N3O7. The van der Waals surface area contributed by atoms with Crippen LogP contribution in [0, 0.1) is 0 Å². The number of hydrogen-bond acceptors (Lipinski definition) is 7. The minimum atomic E-state index is -1.62. The van der Waals surface area contributed by atoms with Gasteiger partial charge in [0.1, 0.15) is 12.2 Å². The summed E-state index contributed by atoms with van der Waals surface area (Å²) in [6.45, 7) is 9.14. The summed E-state index contributed by atoms with van der Waals surface area (Å²) in [5.41, 5.74) is 2.04. The molecule has 2 heterocycles. The Morgan fingerprint density at radius 2 is 1.62 bits per heavy atom. The monoisotopic (exact) mass is 579 g/mol. The SMILES string of the molecule is CC(C)(C)OC(=O)N1CCC(C(=O)O)(N(CCCN2CCOCC2)C(=O)OCC2c3ccccc3-c3ccccc32)C1. The van der Waals surface area contributed by atoms with Crippen molar-refractivity contribution in [3.63, 3.8) is 0 Å². The first-order chi connectivity index (χ1) is 20.1. The fourth-order valence-corrected chi connectivity index (χ4v) is 6.22. The van der Waals surface area contributed by atoms with Crippen LogP contribution in [0.25, 0.3) is 11.1 Å². The maximum Gasteiger partial charge on any atom is 0.410 e. The second-order valence-electron chi connectivity index (χ2n) is 12.3. The van der Waals surface area contributed by atoms with Gasteiger partial charge < -0.3 is 24.2 Å². The van der Waals surface area contributed by atoms with E-state index in [1.165, 1.54) is 9.80 Å². The fourth-order valence-electron chi connectivity index (χ4n) is 6.22. The zero-order valence-corrected chi connectivity index (χ0v) is 24.7. The first kappa shape index (κ1) is 29.8. The second kappa shape index (κ2) is 12.3. The maximum absolute atomic E-state index is 13.9. The molecule has 0 radical (unpaired) electrons. The number of fused-ring (bicyclic) bond motifs is 3. The lowest BCUT2D eigenvalue weighted by molar-refractivity contribution is -0.150. The lowest BCUT2D eigenvalue weighted by Crippen LogP contribution is -2.59. The first-order valence-electron chi connectivity index (χ1n) is 14.7. The molecule has 42 heavy (non-hydrogen) atoms. The lowest BCUT2D eigenvalue weighted by Gasteiger charge is -2.38. The van der Waals surface area contributed by atoms with Gasteiger partial charge in [-0.2, -0.15) is 0 Å². The van der Waals surface area contributed by atoms with Gasteiger partial charge in [-0.05, 0) is 49.4 Å². The Labute approximate surface area is 247 Å². The Morgan fingerprint density at radius 1 is 1.00 bits per heavy atom. The van der Waals surface area contributed by atoms with E-state index >= 15 is 0 Å². The standard InChI is InChI=1S/C32H41N3O7/c1-31(2,3)42-29(38)34-16-13-32(22-34,28(36)37)35(15-8-14-33-17-19-40-20-18-33)30(39)41-21-27-25-11-6-4-9-23(25)24-10-5-7-12-26(24)27/h4-7,9-12,27H,8,13-22H2,1-3H3,(H,36,37). The molecule has 10 heteroatoms. The highest BCUT2D eigenvalue weighted by molar-refractivity contribution is 5.86. The van der Waals surface area contributed by atoms with Crippen LogP contribution in [-0.4, -0.2) is 108 Å². The van der Waals surface area contributed by atoms with Crippen molar-refractivity contribution in [3.8, 4) is 11.1 Å². The number of carbonyl (C=O) groups is 3. The third kappa shape index (κ3) is 6.24. The van der Waals surface area contributed by atoms with Crippen molar-refractivity contribution in [1.82, 2.24) is 14.7 Å². The molecule has 0 saturated carbocycles. The van der Waals surface area contributed by atoms with E-state index in [4.69, 9.17) is 14.2 Å². The van der Waals surface area contributed by atoms with Crippen molar-refractivity contribution in [3.05, 3.63) is 59.7 Å². The molecule has 5 rings (SSSR count). The molecule has 0 bridgehead atoms. The summed E-state index contributed by atoms with van der Waals surface area (Å²) in [6.07, 6.45) is -0.631. The van der Waals surface area contributed by atoms with E-state index in [0.29, 0.717) is 26.2 Å². The van der Waals surface area contributed by atoms with Crippen LogP contribution in [0.2, 0.25) is 0 Å². The number of likely N-dealkylation sites (tertiary alicyclic amines) is 1. The van der Waals surface area contributed by atoms with Gasteiger partial charge in [-0.3, -0.25) is 9.80 Å². The van der Waals surface area contributed by atoms with Crippen LogP contribution in [0.3, 0.4) is 0 Å². The minimum Gasteiger partial charge on any atom is -0.479 e. The molecule has 1 unspecified atom stereocenters. The van der Waals surface area contributed by atoms with Gasteiger partial charge in [-0.1, -0.05) is 48.5 Å². The molecule has 3 aliphatic rings. The topological polar surface area (TPSA) is 109 Å². The summed E-state index contributed by atoms with van der Waals surface area (Å²) in [4.78, 5) is 44.6. The molecule has 2 amide bonds. The zero-order valence-electron chi connectivity index (χ0n) is 24.7. The Morgan fingerprint density at radius 3 is 2.21 bits per heavy atom. The van der Waals surface area contributed by atoms with E-state index in [1.807, 2.05) is 36.4 Å². The Hall–Kier alpha value is -3.63. The number of morpholine rings is 1. The predicted octanol–water partition coefficient (Wildman–Crippen LogP) is 4.42. The van der Waals surface area contributed by atoms with E-state index in [2.05, 4.69) is 17.0 Å². The quantitative estimate of drug-likeness (QED) is 0.490. The second-order valence-corrected chi connectivity index (χ2v) is 12.3. The molecule has 2 fully saturated rings. The molecule has 0 aromatic heterocycles. The smallest absolute Gasteiger partial charge is 0.410 e. The summed E-state index contributed by atoms with van der Waals surface area (Å²) in [6, 6.07) is 16.2. The van der Waals surface area contributed by atoms with Crippen molar-refractivity contribution >= 4 is 18.2 Å². The summed E-state index contributed by atoms with van der Waals surface area (Å²) in [5.74, 6) is -1.31. The van der Waals surface area contributed by atoms with Crippen molar-refractivity contribution < 1.29 is 33.7 Å². The third-order valence-electron chi connectivity index (χ3n) is 8.33. The van der Waals surface area contributed by atoms with E-state index < -0.39 is 29.3 Å². The number of amides is 2. The van der Waals surface area contributed by atoms with E-state index in [9.17, 15) is 19.5 Å². The van der Waals surface area contributed by atoms with Gasteiger partial charge in [-0.25, -0.2) is 14.4 Å². The van der Waals surface area contributed by atoms with E-state index in [-0.39, 0.29) is 38.6 Å². The van der Waals surface area contributed by atoms with Crippen molar-refractivity contribution in [2.45, 2.75) is 50.7 Å². The molecule has 1 aliphatic carbocycles. The highest BCUT2D eigenvalue weighted by atomic mass is 16.6. The average molecular weight is 580 g/mol. The normalized spacial score (nSPS) is 20.6. The van der Waals surface area contributed by atoms with Gasteiger partial charge in [0.25, 0.3) is 0 Å². The molecule has 226 valence electrons. The number of aliphatic carboxylic acids is 1. The molecule has 10 nitrogen and oxygen atoms in total. The van der Waals surface area contributed by atoms with Gasteiger partial charge in [0, 0.05) is 45.1 Å². The zero-order chi connectivity index (χ0) is 29.9. The summed E-state index contributed by atoms with van der Waals surface area (Å²) < 4.78 is 16.9. The van der Waals surface area contributed by atoms with Gasteiger partial charge in [0.15, 0.2) is 5.54 Å². The number of carboxylic acid groups (broad SMARTS) is 1. The van der Waals surface area contributed by atoms with Crippen LogP contribution >= 0.6 is 0 Å². The van der Waals surface area contributed by atoms with Gasteiger partial charge in [0.05, 0.1) is 19.8 Å². The first-order valence-corrected chi connectivity index (χ1v) is 14.7. The van der Waals surface area contributed by atoms with Gasteiger partial charge >= 0.3 is 18.2 Å². The van der Waals surface area contributed by atoms with Crippen molar-refractivity contribution in [2.24, 2.45) is 0 Å². The van der Waals surface area contributed by atoms with Crippen LogP contribution in [0.4, 0.5) is 9.59 Å². The van der Waals surface area contributed by atoms with Crippen LogP contribution in [0.5, 0.6) is 0 Å². The molecule has 1 N–H and O–H groups in total. The Kier molecular flexibility index (Phi) is 8.75. The molecule has 1 atom stereocenters. The summed E-state index contributed by atoms with van der Waals surface area (Å²) in [5, 5.41) is 10.5. The third-order valence-corrected chi connectivity index (χ3v) is 8.33. The number of carboxylic acids is 1. The predicted molar refractivity (Wildman–Crippen MR) is 156 cm³/mol. The molecule has 2 aromatic carbocycles. The highest BCUT2D eigenvalue weighted by Crippen LogP contribution is 2.44. The van der Waals surface area contributed by atoms with Crippen LogP contribution in [-0.2, 0) is 19.0 Å². The number of benzene rings is 2. The Bertz CT molecular complexity index is 1260. The number of nitrogens with zero attached hydrogens (tertiary/aromatic N) is 3. The highest BCUT2D eigenvalue weighted by Gasteiger charge is 2.53. The number of rotatable bonds is 8. The average Bonchev–Trinajstić information content (AvgIpc) is 3.55. The Balaban J connectivity index is 1.35. The molecule has 0 spiro atoms. The van der Waals surface area contributed by atoms with Crippen molar-refractivity contribution in [2.75, 3.05) is 59.1 Å². The number of carbonyl (C=O) groups excluding carboxylic acids is 2. The van der Waals surface area contributed by atoms with Crippen LogP contribution in [0.15, 0.2) is 48.5 Å². The van der Waals surface area contributed by atoms with Gasteiger partial charge in [-0.15, -0.1) is 0 Å². The molecule has 2 aromatic rings. The lowest BCUT2D eigenvalue weighted by atomic mass is 9.96. The fraction of sp³-hybridized carbons (Fsp3) is 0.531. The summed E-state index contributed by atoms with van der Waals surface area (Å²) >= 11 is 0. The molecule has 2 aliphatic heterocycles. The van der Waals surface area contributed by atoms with E-state index in [0.717, 1.165) is 35.3 Å². The molecule has 2 saturated heterocycles. The minimum absolute atomic E-state index is 0.0816. The largest absolute Gasteiger partial charge is 0.479 e.